The Kier molecular flexibility index (Phi) is 7.38. The van der Waals surface area contributed by atoms with Crippen LogP contribution in [0.2, 0.25) is 0 Å². The fourth-order valence-corrected chi connectivity index (χ4v) is 3.41. The second kappa shape index (κ2) is 11.0. The fourth-order valence-electron chi connectivity index (χ4n) is 3.41. The molecule has 0 radical (unpaired) electrons. The lowest BCUT2D eigenvalue weighted by molar-refractivity contribution is 0.299. The van der Waals surface area contributed by atoms with Crippen molar-refractivity contribution in [1.82, 2.24) is 4.98 Å². The molecule has 2 aromatic carbocycles. The van der Waals surface area contributed by atoms with Crippen LogP contribution in [0.15, 0.2) is 89.5 Å². The number of allylic oxidation sites excluding steroid dienone is 2. The SMILES string of the molecule is COc1cc(OCc2ccccn2)ccc1/C=C/CCC/C=C/c1cc2ccccc2o1. The minimum Gasteiger partial charge on any atom is -0.496 e. The van der Waals surface area contributed by atoms with Gasteiger partial charge in [-0.3, -0.25) is 4.98 Å². The first-order valence-corrected chi connectivity index (χ1v) is 10.8. The van der Waals surface area contributed by atoms with Gasteiger partial charge in [0.25, 0.3) is 0 Å². The highest BCUT2D eigenvalue weighted by molar-refractivity contribution is 5.79. The summed E-state index contributed by atoms with van der Waals surface area (Å²) in [5.74, 6) is 2.46. The number of hydrogen-bond donors (Lipinski definition) is 0. The molecular formula is C28H27NO3. The summed E-state index contributed by atoms with van der Waals surface area (Å²) in [5, 5.41) is 1.14. The van der Waals surface area contributed by atoms with Crippen LogP contribution < -0.4 is 9.47 Å². The van der Waals surface area contributed by atoms with Gasteiger partial charge in [-0.2, -0.15) is 0 Å². The van der Waals surface area contributed by atoms with Gasteiger partial charge < -0.3 is 13.9 Å². The van der Waals surface area contributed by atoms with E-state index >= 15 is 0 Å². The lowest BCUT2D eigenvalue weighted by Crippen LogP contribution is -1.98. The maximum absolute atomic E-state index is 5.83. The summed E-state index contributed by atoms with van der Waals surface area (Å²) in [7, 11) is 1.68. The molecule has 0 spiro atoms. The highest BCUT2D eigenvalue weighted by atomic mass is 16.5. The molecule has 4 rings (SSSR count). The summed E-state index contributed by atoms with van der Waals surface area (Å²) in [4.78, 5) is 4.27. The lowest BCUT2D eigenvalue weighted by Gasteiger charge is -2.10. The van der Waals surface area contributed by atoms with E-state index < -0.39 is 0 Å². The number of methoxy groups -OCH3 is 1. The van der Waals surface area contributed by atoms with E-state index in [2.05, 4.69) is 41.4 Å². The van der Waals surface area contributed by atoms with E-state index in [1.807, 2.05) is 54.6 Å². The molecule has 0 fully saturated rings. The van der Waals surface area contributed by atoms with Crippen LogP contribution >= 0.6 is 0 Å². The van der Waals surface area contributed by atoms with Gasteiger partial charge in [0.1, 0.15) is 29.4 Å². The van der Waals surface area contributed by atoms with Crippen LogP contribution in [-0.4, -0.2) is 12.1 Å². The third-order valence-electron chi connectivity index (χ3n) is 5.08. The van der Waals surface area contributed by atoms with Gasteiger partial charge in [-0.05, 0) is 61.7 Å². The molecule has 0 aliphatic rings. The average Bonchev–Trinajstić information content (AvgIpc) is 3.26. The first-order chi connectivity index (χ1) is 15.8. The molecule has 0 amide bonds. The average molecular weight is 426 g/mol. The second-order valence-electron chi connectivity index (χ2n) is 7.44. The number of furan rings is 1. The molecule has 4 heteroatoms. The number of fused-ring (bicyclic) bond motifs is 1. The molecule has 0 saturated heterocycles. The van der Waals surface area contributed by atoms with Crippen LogP contribution in [0.25, 0.3) is 23.1 Å². The van der Waals surface area contributed by atoms with Gasteiger partial charge in [-0.1, -0.05) is 42.5 Å². The highest BCUT2D eigenvalue weighted by Gasteiger charge is 2.04. The molecule has 0 atom stereocenters. The van der Waals surface area contributed by atoms with Crippen molar-refractivity contribution in [2.45, 2.75) is 25.9 Å². The Labute approximate surface area is 188 Å². The van der Waals surface area contributed by atoms with Crippen LogP contribution in [0, 0.1) is 0 Å². The minimum atomic E-state index is 0.431. The standard InChI is InChI=1S/C28H27NO3/c1-30-28-20-25(31-21-24-13-9-10-18-29-24)17-16-22(28)11-5-3-2-4-6-14-26-19-23-12-7-8-15-27(23)32-26/h5-20H,2-4,21H2,1H3/b11-5+,14-6+. The summed E-state index contributed by atoms with van der Waals surface area (Å²) in [6.07, 6.45) is 13.3. The second-order valence-corrected chi connectivity index (χ2v) is 7.44. The van der Waals surface area contributed by atoms with Crippen molar-refractivity contribution >= 4 is 23.1 Å². The van der Waals surface area contributed by atoms with E-state index in [4.69, 9.17) is 13.9 Å². The number of unbranched alkanes of at least 4 members (excludes halogenated alkanes) is 2. The minimum absolute atomic E-state index is 0.431. The van der Waals surface area contributed by atoms with Gasteiger partial charge in [0, 0.05) is 23.2 Å². The highest BCUT2D eigenvalue weighted by Crippen LogP contribution is 2.26. The largest absolute Gasteiger partial charge is 0.496 e. The van der Waals surface area contributed by atoms with E-state index in [1.54, 1.807) is 13.3 Å². The third-order valence-corrected chi connectivity index (χ3v) is 5.08. The molecule has 0 bridgehead atoms. The molecule has 0 unspecified atom stereocenters. The number of para-hydroxylation sites is 1. The van der Waals surface area contributed by atoms with Crippen LogP contribution in [0.1, 0.15) is 36.3 Å². The molecular weight excluding hydrogens is 398 g/mol. The Balaban J connectivity index is 1.24. The summed E-state index contributed by atoms with van der Waals surface area (Å²) < 4.78 is 17.2. The monoisotopic (exact) mass is 425 g/mol. The molecule has 4 nitrogen and oxygen atoms in total. The Morgan fingerprint density at radius 1 is 0.906 bits per heavy atom. The van der Waals surface area contributed by atoms with Crippen molar-refractivity contribution < 1.29 is 13.9 Å². The number of nitrogens with zero attached hydrogens (tertiary/aromatic N) is 1. The first kappa shape index (κ1) is 21.4. The topological polar surface area (TPSA) is 44.5 Å². The van der Waals surface area contributed by atoms with Crippen LogP contribution in [0.4, 0.5) is 0 Å². The zero-order chi connectivity index (χ0) is 22.0. The van der Waals surface area contributed by atoms with Gasteiger partial charge in [-0.15, -0.1) is 0 Å². The number of pyridine rings is 1. The van der Waals surface area contributed by atoms with E-state index in [1.165, 1.54) is 0 Å². The molecule has 0 N–H and O–H groups in total. The molecule has 0 aliphatic carbocycles. The molecule has 32 heavy (non-hydrogen) atoms. The Morgan fingerprint density at radius 2 is 1.75 bits per heavy atom. The number of hydrogen-bond acceptors (Lipinski definition) is 4. The first-order valence-electron chi connectivity index (χ1n) is 10.8. The van der Waals surface area contributed by atoms with Gasteiger partial charge in [0.2, 0.25) is 0 Å². The summed E-state index contributed by atoms with van der Waals surface area (Å²) in [5.41, 5.74) is 2.86. The predicted octanol–water partition coefficient (Wildman–Crippen LogP) is 7.31. The molecule has 0 saturated carbocycles. The lowest BCUT2D eigenvalue weighted by atomic mass is 10.1. The predicted molar refractivity (Wildman–Crippen MR) is 130 cm³/mol. The van der Waals surface area contributed by atoms with Crippen molar-refractivity contribution in [1.29, 1.82) is 0 Å². The fraction of sp³-hybridized carbons (Fsp3) is 0.179. The van der Waals surface area contributed by atoms with E-state index in [-0.39, 0.29) is 0 Å². The molecule has 0 aliphatic heterocycles. The summed E-state index contributed by atoms with van der Waals surface area (Å²) >= 11 is 0. The van der Waals surface area contributed by atoms with Crippen LogP contribution in [-0.2, 0) is 6.61 Å². The van der Waals surface area contributed by atoms with Crippen LogP contribution in [0.5, 0.6) is 11.5 Å². The number of ether oxygens (including phenoxy) is 2. The van der Waals surface area contributed by atoms with Gasteiger partial charge in [-0.25, -0.2) is 0 Å². The van der Waals surface area contributed by atoms with Gasteiger partial charge >= 0.3 is 0 Å². The van der Waals surface area contributed by atoms with Gasteiger partial charge in [0.15, 0.2) is 0 Å². The Bertz CT molecular complexity index is 1160. The van der Waals surface area contributed by atoms with E-state index in [9.17, 15) is 0 Å². The van der Waals surface area contributed by atoms with Crippen molar-refractivity contribution in [2.75, 3.05) is 7.11 Å². The molecule has 4 aromatic rings. The summed E-state index contributed by atoms with van der Waals surface area (Å²) in [6, 6.07) is 21.8. The number of benzene rings is 2. The zero-order valence-electron chi connectivity index (χ0n) is 18.2. The normalized spacial score (nSPS) is 11.5. The van der Waals surface area contributed by atoms with Crippen molar-refractivity contribution in [2.24, 2.45) is 0 Å². The summed E-state index contributed by atoms with van der Waals surface area (Å²) in [6.45, 7) is 0.431. The van der Waals surface area contributed by atoms with Gasteiger partial charge in [0.05, 0.1) is 12.8 Å². The zero-order valence-corrected chi connectivity index (χ0v) is 18.2. The van der Waals surface area contributed by atoms with Crippen LogP contribution in [0.3, 0.4) is 0 Å². The maximum Gasteiger partial charge on any atom is 0.134 e. The quantitative estimate of drug-likeness (QED) is 0.250. The number of rotatable bonds is 10. The molecule has 2 heterocycles. The van der Waals surface area contributed by atoms with E-state index in [0.29, 0.717) is 6.61 Å². The van der Waals surface area contributed by atoms with Crippen molar-refractivity contribution in [3.8, 4) is 11.5 Å². The smallest absolute Gasteiger partial charge is 0.134 e. The van der Waals surface area contributed by atoms with E-state index in [0.717, 1.165) is 58.7 Å². The Morgan fingerprint density at radius 3 is 2.56 bits per heavy atom. The molecule has 162 valence electrons. The molecule has 2 aromatic heterocycles. The van der Waals surface area contributed by atoms with Crippen molar-refractivity contribution in [3.63, 3.8) is 0 Å². The number of aromatic nitrogens is 1. The maximum atomic E-state index is 5.83. The Hall–Kier alpha value is -3.79. The third kappa shape index (κ3) is 5.88. The van der Waals surface area contributed by atoms with Crippen molar-refractivity contribution in [3.05, 3.63) is 102 Å².